The molecule has 0 saturated carbocycles. The Kier molecular flexibility index (Phi) is 3.50. The standard InChI is InChI=1S/C10H14F3NO5/c1-9(2)18-6-5(14-8(16)10(11,12)13)4(3-15)17-7(6)19-9/h4-7,15H,3H2,1-2H3,(H,14,16)/t4-,5+,6-,7+/m0/s1. The van der Waals surface area contributed by atoms with E-state index in [1.165, 1.54) is 0 Å². The summed E-state index contributed by atoms with van der Waals surface area (Å²) in [5.74, 6) is -3.12. The molecule has 6 nitrogen and oxygen atoms in total. The van der Waals surface area contributed by atoms with E-state index in [0.29, 0.717) is 0 Å². The molecule has 0 aromatic carbocycles. The Balaban J connectivity index is 2.10. The number of halogens is 3. The predicted octanol–water partition coefficient (Wildman–Crippen LogP) is -0.0978. The average Bonchev–Trinajstić information content (AvgIpc) is 2.70. The fourth-order valence-corrected chi connectivity index (χ4v) is 2.14. The van der Waals surface area contributed by atoms with Crippen LogP contribution in [0.5, 0.6) is 0 Å². The maximum Gasteiger partial charge on any atom is 0.471 e. The molecule has 2 N–H and O–H groups in total. The Labute approximate surface area is 106 Å². The van der Waals surface area contributed by atoms with Crippen LogP contribution in [-0.2, 0) is 19.0 Å². The van der Waals surface area contributed by atoms with Crippen molar-refractivity contribution >= 4 is 5.91 Å². The molecule has 1 amide bonds. The zero-order valence-corrected chi connectivity index (χ0v) is 10.2. The van der Waals surface area contributed by atoms with E-state index in [-0.39, 0.29) is 0 Å². The average molecular weight is 285 g/mol. The third kappa shape index (κ3) is 2.83. The normalized spacial score (nSPS) is 37.2. The van der Waals surface area contributed by atoms with Crippen LogP contribution in [0.1, 0.15) is 13.8 Å². The molecular formula is C10H14F3NO5. The molecule has 0 aliphatic carbocycles. The van der Waals surface area contributed by atoms with Gasteiger partial charge in [-0.3, -0.25) is 4.79 Å². The van der Waals surface area contributed by atoms with Crippen molar-refractivity contribution in [1.82, 2.24) is 5.32 Å². The highest BCUT2D eigenvalue weighted by molar-refractivity contribution is 5.82. The fraction of sp³-hybridized carbons (Fsp3) is 0.900. The summed E-state index contributed by atoms with van der Waals surface area (Å²) in [6.07, 6.45) is -7.81. The van der Waals surface area contributed by atoms with Gasteiger partial charge in [-0.15, -0.1) is 0 Å². The van der Waals surface area contributed by atoms with Gasteiger partial charge in [-0.05, 0) is 13.8 Å². The van der Waals surface area contributed by atoms with Crippen LogP contribution in [-0.4, -0.2) is 54.1 Å². The molecule has 2 aliphatic heterocycles. The summed E-state index contributed by atoms with van der Waals surface area (Å²) in [4.78, 5) is 11.0. The second-order valence-electron chi connectivity index (χ2n) is 4.82. The molecule has 4 atom stereocenters. The number of alkyl halides is 3. The molecule has 0 bridgehead atoms. The van der Waals surface area contributed by atoms with Gasteiger partial charge in [0.25, 0.3) is 0 Å². The number of nitrogens with one attached hydrogen (secondary N) is 1. The second-order valence-corrected chi connectivity index (χ2v) is 4.82. The first-order chi connectivity index (χ1) is 8.64. The van der Waals surface area contributed by atoms with E-state index in [2.05, 4.69) is 0 Å². The first-order valence-electron chi connectivity index (χ1n) is 5.64. The Morgan fingerprint density at radius 2 is 2.00 bits per heavy atom. The van der Waals surface area contributed by atoms with Crippen molar-refractivity contribution in [1.29, 1.82) is 0 Å². The fourth-order valence-electron chi connectivity index (χ4n) is 2.14. The minimum Gasteiger partial charge on any atom is -0.394 e. The Bertz CT molecular complexity index is 373. The van der Waals surface area contributed by atoms with E-state index in [1.54, 1.807) is 19.2 Å². The molecule has 2 aliphatic rings. The van der Waals surface area contributed by atoms with E-state index >= 15 is 0 Å². The first-order valence-corrected chi connectivity index (χ1v) is 5.64. The lowest BCUT2D eigenvalue weighted by Gasteiger charge is -2.25. The number of aliphatic hydroxyl groups excluding tert-OH is 1. The monoisotopic (exact) mass is 285 g/mol. The lowest BCUT2D eigenvalue weighted by atomic mass is 10.1. The van der Waals surface area contributed by atoms with Crippen LogP contribution in [0, 0.1) is 0 Å². The lowest BCUT2D eigenvalue weighted by Crippen LogP contribution is -2.52. The molecule has 19 heavy (non-hydrogen) atoms. The highest BCUT2D eigenvalue weighted by Gasteiger charge is 2.56. The number of aliphatic hydroxyl groups is 1. The van der Waals surface area contributed by atoms with Crippen molar-refractivity contribution in [3.63, 3.8) is 0 Å². The van der Waals surface area contributed by atoms with E-state index in [1.807, 2.05) is 0 Å². The molecule has 2 saturated heterocycles. The van der Waals surface area contributed by atoms with Crippen LogP contribution in [0.2, 0.25) is 0 Å². The Hall–Kier alpha value is -0.900. The minimum absolute atomic E-state index is 0.553. The number of amides is 1. The van der Waals surface area contributed by atoms with Gasteiger partial charge in [0.1, 0.15) is 12.2 Å². The van der Waals surface area contributed by atoms with Gasteiger partial charge in [0.05, 0.1) is 12.6 Å². The summed E-state index contributed by atoms with van der Waals surface area (Å²) < 4.78 is 52.6. The summed E-state index contributed by atoms with van der Waals surface area (Å²) in [5, 5.41) is 10.8. The van der Waals surface area contributed by atoms with Crippen LogP contribution >= 0.6 is 0 Å². The number of ether oxygens (including phenoxy) is 3. The summed E-state index contributed by atoms with van der Waals surface area (Å²) in [6.45, 7) is 2.60. The van der Waals surface area contributed by atoms with Crippen molar-refractivity contribution < 1.29 is 37.3 Å². The zero-order valence-electron chi connectivity index (χ0n) is 10.2. The van der Waals surface area contributed by atoms with Gasteiger partial charge < -0.3 is 24.6 Å². The van der Waals surface area contributed by atoms with Gasteiger partial charge in [0, 0.05) is 0 Å². The van der Waals surface area contributed by atoms with Crippen LogP contribution < -0.4 is 5.32 Å². The summed E-state index contributed by atoms with van der Waals surface area (Å²) in [6, 6.07) is -1.12. The van der Waals surface area contributed by atoms with Gasteiger partial charge in [-0.2, -0.15) is 13.2 Å². The summed E-state index contributed by atoms with van der Waals surface area (Å²) in [7, 11) is 0. The van der Waals surface area contributed by atoms with E-state index < -0.39 is 49.0 Å². The topological polar surface area (TPSA) is 77.0 Å². The van der Waals surface area contributed by atoms with E-state index in [9.17, 15) is 18.0 Å². The van der Waals surface area contributed by atoms with Crippen LogP contribution in [0.4, 0.5) is 13.2 Å². The third-order valence-corrected chi connectivity index (χ3v) is 2.89. The number of carbonyl (C=O) groups excluding carboxylic acids is 1. The second kappa shape index (κ2) is 4.58. The lowest BCUT2D eigenvalue weighted by molar-refractivity contribution is -0.211. The number of rotatable bonds is 2. The highest BCUT2D eigenvalue weighted by atomic mass is 19.4. The van der Waals surface area contributed by atoms with E-state index in [4.69, 9.17) is 19.3 Å². The molecule has 110 valence electrons. The van der Waals surface area contributed by atoms with Crippen LogP contribution in [0.25, 0.3) is 0 Å². The highest BCUT2D eigenvalue weighted by Crippen LogP contribution is 2.37. The molecule has 0 unspecified atom stereocenters. The number of fused-ring (bicyclic) bond motifs is 1. The Morgan fingerprint density at radius 1 is 1.37 bits per heavy atom. The van der Waals surface area contributed by atoms with E-state index in [0.717, 1.165) is 0 Å². The molecule has 2 heterocycles. The number of carbonyl (C=O) groups is 1. The largest absolute Gasteiger partial charge is 0.471 e. The SMILES string of the molecule is CC1(C)O[C@H]2O[C@@H](CO)[C@@H](NC(=O)C(F)(F)F)[C@@H]2O1. The zero-order chi connectivity index (χ0) is 14.4. The first kappa shape index (κ1) is 14.5. The molecule has 0 aromatic heterocycles. The molecule has 2 fully saturated rings. The van der Waals surface area contributed by atoms with Crippen molar-refractivity contribution in [2.24, 2.45) is 0 Å². The summed E-state index contributed by atoms with van der Waals surface area (Å²) >= 11 is 0. The van der Waals surface area contributed by atoms with Gasteiger partial charge in [-0.1, -0.05) is 0 Å². The van der Waals surface area contributed by atoms with Gasteiger partial charge in [0.15, 0.2) is 12.1 Å². The van der Waals surface area contributed by atoms with Crippen molar-refractivity contribution in [2.75, 3.05) is 6.61 Å². The number of hydrogen-bond acceptors (Lipinski definition) is 5. The molecule has 9 heteroatoms. The maximum absolute atomic E-state index is 12.2. The molecular weight excluding hydrogens is 271 g/mol. The molecule has 0 radical (unpaired) electrons. The van der Waals surface area contributed by atoms with Crippen molar-refractivity contribution in [2.45, 2.75) is 50.4 Å². The molecule has 0 spiro atoms. The Morgan fingerprint density at radius 3 is 2.53 bits per heavy atom. The molecule has 0 aromatic rings. The van der Waals surface area contributed by atoms with Gasteiger partial charge in [-0.25, -0.2) is 0 Å². The van der Waals surface area contributed by atoms with Crippen molar-refractivity contribution in [3.05, 3.63) is 0 Å². The summed E-state index contributed by atoms with van der Waals surface area (Å²) in [5.41, 5.74) is 0. The third-order valence-electron chi connectivity index (χ3n) is 2.89. The smallest absolute Gasteiger partial charge is 0.394 e. The quantitative estimate of drug-likeness (QED) is 0.741. The maximum atomic E-state index is 12.2. The van der Waals surface area contributed by atoms with Gasteiger partial charge >= 0.3 is 12.1 Å². The van der Waals surface area contributed by atoms with Crippen LogP contribution in [0.3, 0.4) is 0 Å². The number of hydrogen-bond donors (Lipinski definition) is 2. The van der Waals surface area contributed by atoms with Gasteiger partial charge in [0.2, 0.25) is 0 Å². The minimum atomic E-state index is -5.01. The van der Waals surface area contributed by atoms with Crippen molar-refractivity contribution in [3.8, 4) is 0 Å². The predicted molar refractivity (Wildman–Crippen MR) is 53.8 cm³/mol. The molecule has 2 rings (SSSR count). The van der Waals surface area contributed by atoms with Crippen LogP contribution in [0.15, 0.2) is 0 Å².